The van der Waals surface area contributed by atoms with Gasteiger partial charge in [-0.2, -0.15) is 0 Å². The van der Waals surface area contributed by atoms with E-state index in [2.05, 4.69) is 5.43 Å². The zero-order valence-electron chi connectivity index (χ0n) is 13.2. The van der Waals surface area contributed by atoms with Gasteiger partial charge >= 0.3 is 0 Å². The molecule has 1 fully saturated rings. The van der Waals surface area contributed by atoms with Crippen molar-refractivity contribution in [1.29, 1.82) is 0 Å². The van der Waals surface area contributed by atoms with E-state index in [-0.39, 0.29) is 6.04 Å². The predicted octanol–water partition coefficient (Wildman–Crippen LogP) is 3.57. The van der Waals surface area contributed by atoms with E-state index in [9.17, 15) is 0 Å². The predicted molar refractivity (Wildman–Crippen MR) is 85.4 cm³/mol. The van der Waals surface area contributed by atoms with Gasteiger partial charge in [-0.1, -0.05) is 32.1 Å². The number of nitrogens with one attached hydrogen (secondary N) is 1. The molecule has 1 atom stereocenters. The van der Waals surface area contributed by atoms with Gasteiger partial charge in [0.25, 0.3) is 0 Å². The fourth-order valence-corrected chi connectivity index (χ4v) is 3.38. The summed E-state index contributed by atoms with van der Waals surface area (Å²) in [4.78, 5) is 0. The number of hydrogen-bond acceptors (Lipinski definition) is 4. The first kappa shape index (κ1) is 16.1. The maximum atomic E-state index is 5.89. The third-order valence-electron chi connectivity index (χ3n) is 4.57. The average Bonchev–Trinajstić information content (AvgIpc) is 2.49. The smallest absolute Gasteiger partial charge is 0.123 e. The molecule has 1 aliphatic carbocycles. The SMILES string of the molecule is COc1ccc(OC)c(C(NN)C2CCCCCCC2)c1. The molecule has 1 unspecified atom stereocenters. The molecule has 0 spiro atoms. The number of nitrogens with two attached hydrogens (primary N) is 1. The van der Waals surface area contributed by atoms with Gasteiger partial charge in [0.2, 0.25) is 0 Å². The van der Waals surface area contributed by atoms with Gasteiger partial charge in [0.1, 0.15) is 11.5 Å². The normalized spacial score (nSPS) is 18.6. The average molecular weight is 292 g/mol. The molecule has 0 aromatic heterocycles. The third kappa shape index (κ3) is 4.11. The van der Waals surface area contributed by atoms with Crippen LogP contribution >= 0.6 is 0 Å². The molecule has 0 amide bonds. The van der Waals surface area contributed by atoms with E-state index in [0.29, 0.717) is 5.92 Å². The standard InChI is InChI=1S/C17H28N2O2/c1-20-14-10-11-16(21-2)15(12-14)17(19-18)13-8-6-4-3-5-7-9-13/h10-13,17,19H,3-9,18H2,1-2H3. The van der Waals surface area contributed by atoms with Gasteiger partial charge < -0.3 is 9.47 Å². The second-order valence-corrected chi connectivity index (χ2v) is 5.86. The molecule has 3 N–H and O–H groups in total. The van der Waals surface area contributed by atoms with Crippen LogP contribution in [0.4, 0.5) is 0 Å². The Kier molecular flexibility index (Phi) is 6.33. The fraction of sp³-hybridized carbons (Fsp3) is 0.647. The summed E-state index contributed by atoms with van der Waals surface area (Å²) < 4.78 is 10.9. The first-order valence-corrected chi connectivity index (χ1v) is 7.98. The Hall–Kier alpha value is -1.26. The molecule has 4 nitrogen and oxygen atoms in total. The molecule has 2 rings (SSSR count). The maximum Gasteiger partial charge on any atom is 0.123 e. The van der Waals surface area contributed by atoms with Crippen LogP contribution in [-0.4, -0.2) is 14.2 Å². The van der Waals surface area contributed by atoms with Gasteiger partial charge in [0, 0.05) is 5.56 Å². The molecular formula is C17H28N2O2. The van der Waals surface area contributed by atoms with Gasteiger partial charge in [-0.15, -0.1) is 0 Å². The van der Waals surface area contributed by atoms with Crippen LogP contribution in [0.25, 0.3) is 0 Å². The van der Waals surface area contributed by atoms with E-state index in [1.165, 1.54) is 44.9 Å². The summed E-state index contributed by atoms with van der Waals surface area (Å²) in [6, 6.07) is 6.05. The number of rotatable bonds is 5. The topological polar surface area (TPSA) is 56.5 Å². The van der Waals surface area contributed by atoms with Gasteiger partial charge in [0.15, 0.2) is 0 Å². The second kappa shape index (κ2) is 8.25. The Labute approximate surface area is 128 Å². The lowest BCUT2D eigenvalue weighted by Crippen LogP contribution is -2.34. The van der Waals surface area contributed by atoms with Crippen LogP contribution in [0.1, 0.15) is 56.6 Å². The van der Waals surface area contributed by atoms with Crippen LogP contribution in [0.5, 0.6) is 11.5 Å². The Balaban J connectivity index is 2.25. The van der Waals surface area contributed by atoms with Crippen LogP contribution in [-0.2, 0) is 0 Å². The van der Waals surface area contributed by atoms with E-state index < -0.39 is 0 Å². The Morgan fingerprint density at radius 1 is 1.05 bits per heavy atom. The van der Waals surface area contributed by atoms with E-state index >= 15 is 0 Å². The van der Waals surface area contributed by atoms with Crippen LogP contribution in [0.3, 0.4) is 0 Å². The molecule has 1 aromatic carbocycles. The van der Waals surface area contributed by atoms with E-state index in [1.807, 2.05) is 18.2 Å². The summed E-state index contributed by atoms with van der Waals surface area (Å²) in [6.45, 7) is 0. The van der Waals surface area contributed by atoms with E-state index in [4.69, 9.17) is 15.3 Å². The molecule has 21 heavy (non-hydrogen) atoms. The highest BCUT2D eigenvalue weighted by atomic mass is 16.5. The summed E-state index contributed by atoms with van der Waals surface area (Å²) in [5.41, 5.74) is 4.13. The number of methoxy groups -OCH3 is 2. The third-order valence-corrected chi connectivity index (χ3v) is 4.57. The number of hydrazine groups is 1. The fourth-order valence-electron chi connectivity index (χ4n) is 3.38. The highest BCUT2D eigenvalue weighted by molar-refractivity contribution is 5.42. The van der Waals surface area contributed by atoms with Gasteiger partial charge in [-0.25, -0.2) is 0 Å². The van der Waals surface area contributed by atoms with E-state index in [1.54, 1.807) is 14.2 Å². The zero-order valence-corrected chi connectivity index (χ0v) is 13.2. The summed E-state index contributed by atoms with van der Waals surface area (Å²) in [7, 11) is 3.39. The highest BCUT2D eigenvalue weighted by Crippen LogP contribution is 2.37. The Bertz CT molecular complexity index is 429. The minimum atomic E-state index is 0.119. The molecule has 0 radical (unpaired) electrons. The van der Waals surface area contributed by atoms with Crippen molar-refractivity contribution in [2.75, 3.05) is 14.2 Å². The number of ether oxygens (including phenoxy) is 2. The lowest BCUT2D eigenvalue weighted by Gasteiger charge is -2.29. The zero-order chi connectivity index (χ0) is 15.1. The Morgan fingerprint density at radius 3 is 2.29 bits per heavy atom. The first-order valence-electron chi connectivity index (χ1n) is 7.98. The summed E-state index contributed by atoms with van der Waals surface area (Å²) in [6.07, 6.45) is 9.05. The van der Waals surface area contributed by atoms with E-state index in [0.717, 1.165) is 17.1 Å². The number of benzene rings is 1. The van der Waals surface area contributed by atoms with Gasteiger partial charge in [-0.05, 0) is 37.0 Å². The molecule has 4 heteroatoms. The van der Waals surface area contributed by atoms with Gasteiger partial charge in [-0.3, -0.25) is 11.3 Å². The molecule has 0 aliphatic heterocycles. The Morgan fingerprint density at radius 2 is 1.71 bits per heavy atom. The van der Waals surface area contributed by atoms with Gasteiger partial charge in [0.05, 0.1) is 20.3 Å². The van der Waals surface area contributed by atoms with Crippen molar-refractivity contribution in [2.45, 2.75) is 51.0 Å². The lowest BCUT2D eigenvalue weighted by atomic mass is 9.83. The molecule has 118 valence electrons. The lowest BCUT2D eigenvalue weighted by molar-refractivity contribution is 0.282. The van der Waals surface area contributed by atoms with Crippen molar-refractivity contribution in [3.05, 3.63) is 23.8 Å². The second-order valence-electron chi connectivity index (χ2n) is 5.86. The molecule has 1 aliphatic rings. The van der Waals surface area contributed by atoms with Crippen molar-refractivity contribution in [1.82, 2.24) is 5.43 Å². The molecular weight excluding hydrogens is 264 g/mol. The van der Waals surface area contributed by atoms with Crippen LogP contribution < -0.4 is 20.7 Å². The molecule has 0 saturated heterocycles. The minimum Gasteiger partial charge on any atom is -0.497 e. The van der Waals surface area contributed by atoms with Crippen molar-refractivity contribution >= 4 is 0 Å². The molecule has 1 saturated carbocycles. The monoisotopic (exact) mass is 292 g/mol. The van der Waals surface area contributed by atoms with Crippen molar-refractivity contribution < 1.29 is 9.47 Å². The van der Waals surface area contributed by atoms with Crippen LogP contribution in [0.15, 0.2) is 18.2 Å². The van der Waals surface area contributed by atoms with Crippen LogP contribution in [0.2, 0.25) is 0 Å². The molecule has 1 aromatic rings. The summed E-state index contributed by atoms with van der Waals surface area (Å²) in [5.74, 6) is 8.17. The largest absolute Gasteiger partial charge is 0.497 e. The molecule has 0 bridgehead atoms. The molecule has 0 heterocycles. The summed E-state index contributed by atoms with van der Waals surface area (Å²) >= 11 is 0. The van der Waals surface area contributed by atoms with Crippen molar-refractivity contribution in [2.24, 2.45) is 11.8 Å². The number of hydrogen-bond donors (Lipinski definition) is 2. The highest BCUT2D eigenvalue weighted by Gasteiger charge is 2.25. The quantitative estimate of drug-likeness (QED) is 0.643. The maximum absolute atomic E-state index is 5.89. The van der Waals surface area contributed by atoms with Crippen molar-refractivity contribution in [3.63, 3.8) is 0 Å². The van der Waals surface area contributed by atoms with Crippen molar-refractivity contribution in [3.8, 4) is 11.5 Å². The summed E-state index contributed by atoms with van der Waals surface area (Å²) in [5, 5.41) is 0. The minimum absolute atomic E-state index is 0.119. The first-order chi connectivity index (χ1) is 10.3. The van der Waals surface area contributed by atoms with Crippen LogP contribution in [0, 0.1) is 5.92 Å².